The van der Waals surface area contributed by atoms with Crippen LogP contribution in [0.15, 0.2) is 18.2 Å². The van der Waals surface area contributed by atoms with E-state index in [4.69, 9.17) is 23.2 Å². The lowest BCUT2D eigenvalue weighted by Crippen LogP contribution is -2.32. The fourth-order valence-corrected chi connectivity index (χ4v) is 2.85. The molecule has 0 atom stereocenters. The van der Waals surface area contributed by atoms with Gasteiger partial charge in [-0.15, -0.1) is 0 Å². The molecular weight excluding hydrogens is 298 g/mol. The molecule has 1 saturated carbocycles. The summed E-state index contributed by atoms with van der Waals surface area (Å²) in [7, 11) is 0. The number of rotatable bonds is 2. The highest BCUT2D eigenvalue weighted by Gasteiger charge is 2.41. The molecule has 0 spiro atoms. The van der Waals surface area contributed by atoms with Gasteiger partial charge in [0.05, 0.1) is 16.6 Å². The average molecular weight is 312 g/mol. The van der Waals surface area contributed by atoms with Gasteiger partial charge in [0.1, 0.15) is 0 Å². The Labute approximate surface area is 120 Å². The Morgan fingerprint density at radius 3 is 2.21 bits per heavy atom. The van der Waals surface area contributed by atoms with Crippen LogP contribution in [0.1, 0.15) is 25.7 Å². The third-order valence-electron chi connectivity index (χ3n) is 3.48. The first-order valence-corrected chi connectivity index (χ1v) is 6.90. The van der Waals surface area contributed by atoms with Crippen molar-refractivity contribution in [2.45, 2.75) is 37.9 Å². The van der Waals surface area contributed by atoms with Crippen LogP contribution < -0.4 is 5.32 Å². The highest BCUT2D eigenvalue weighted by atomic mass is 35.5. The Hall–Kier alpha value is -0.610. The smallest absolute Gasteiger partial charge is 0.381 e. The van der Waals surface area contributed by atoms with E-state index in [0.717, 1.165) is 5.69 Å². The molecule has 0 unspecified atom stereocenters. The number of nitrogens with one attached hydrogen (secondary N) is 1. The average Bonchev–Trinajstić information content (AvgIpc) is 2.32. The molecule has 0 radical (unpaired) electrons. The Bertz CT molecular complexity index is 440. The number of anilines is 1. The minimum atomic E-state index is -4.07. The molecule has 0 bridgehead atoms. The van der Waals surface area contributed by atoms with Crippen molar-refractivity contribution >= 4 is 28.9 Å². The molecule has 2 rings (SSSR count). The van der Waals surface area contributed by atoms with Gasteiger partial charge in [0.2, 0.25) is 0 Å². The third kappa shape index (κ3) is 3.93. The summed E-state index contributed by atoms with van der Waals surface area (Å²) in [4.78, 5) is 0. The Balaban J connectivity index is 1.92. The van der Waals surface area contributed by atoms with E-state index in [0.29, 0.717) is 22.9 Å². The lowest BCUT2D eigenvalue weighted by atomic mass is 9.85. The number of benzene rings is 1. The summed E-state index contributed by atoms with van der Waals surface area (Å²) >= 11 is 11.8. The van der Waals surface area contributed by atoms with Gasteiger partial charge in [-0.2, -0.15) is 13.2 Å². The summed E-state index contributed by atoms with van der Waals surface area (Å²) in [6, 6.07) is 5.11. The van der Waals surface area contributed by atoms with E-state index in [2.05, 4.69) is 5.32 Å². The Kier molecular flexibility index (Phi) is 4.51. The molecule has 1 fully saturated rings. The van der Waals surface area contributed by atoms with Crippen molar-refractivity contribution in [3.05, 3.63) is 28.2 Å². The second-order valence-electron chi connectivity index (χ2n) is 4.86. The minimum Gasteiger partial charge on any atom is -0.381 e. The van der Waals surface area contributed by atoms with Gasteiger partial charge in [-0.1, -0.05) is 23.2 Å². The summed E-state index contributed by atoms with van der Waals surface area (Å²) < 4.78 is 37.6. The summed E-state index contributed by atoms with van der Waals surface area (Å²) in [5, 5.41) is 4.22. The maximum Gasteiger partial charge on any atom is 0.391 e. The number of alkyl halides is 3. The standard InChI is InChI=1S/C13H14Cl2F3N/c14-9-3-6-12(11(15)7-9)19-10-4-1-8(2-5-10)13(16,17)18/h3,6-8,10,19H,1-2,4-5H2. The molecular formula is C13H14Cl2F3N. The molecule has 106 valence electrons. The summed E-state index contributed by atoms with van der Waals surface area (Å²) in [6.07, 6.45) is -2.71. The zero-order valence-electron chi connectivity index (χ0n) is 10.1. The van der Waals surface area contributed by atoms with Crippen LogP contribution in [0.2, 0.25) is 10.0 Å². The number of halogens is 5. The van der Waals surface area contributed by atoms with Crippen LogP contribution in [0.4, 0.5) is 18.9 Å². The van der Waals surface area contributed by atoms with Crippen LogP contribution >= 0.6 is 23.2 Å². The van der Waals surface area contributed by atoms with Gasteiger partial charge in [0.15, 0.2) is 0 Å². The van der Waals surface area contributed by atoms with Gasteiger partial charge >= 0.3 is 6.18 Å². The number of hydrogen-bond acceptors (Lipinski definition) is 1. The predicted octanol–water partition coefficient (Wildman–Crippen LogP) is 5.53. The predicted molar refractivity (Wildman–Crippen MR) is 71.9 cm³/mol. The quantitative estimate of drug-likeness (QED) is 0.757. The van der Waals surface area contributed by atoms with Crippen LogP contribution in [0, 0.1) is 5.92 Å². The highest BCUT2D eigenvalue weighted by molar-refractivity contribution is 6.36. The lowest BCUT2D eigenvalue weighted by Gasteiger charge is -2.31. The van der Waals surface area contributed by atoms with Crippen molar-refractivity contribution in [2.24, 2.45) is 5.92 Å². The van der Waals surface area contributed by atoms with Crippen LogP contribution in [0.3, 0.4) is 0 Å². The lowest BCUT2D eigenvalue weighted by molar-refractivity contribution is -0.182. The van der Waals surface area contributed by atoms with Crippen molar-refractivity contribution in [1.82, 2.24) is 0 Å². The van der Waals surface area contributed by atoms with Gasteiger partial charge in [-0.05, 0) is 43.9 Å². The molecule has 19 heavy (non-hydrogen) atoms. The molecule has 0 saturated heterocycles. The second-order valence-corrected chi connectivity index (χ2v) is 5.70. The normalized spacial score (nSPS) is 24.3. The van der Waals surface area contributed by atoms with Crippen molar-refractivity contribution in [1.29, 1.82) is 0 Å². The fourth-order valence-electron chi connectivity index (χ4n) is 2.39. The SMILES string of the molecule is FC(F)(F)C1CCC(Nc2ccc(Cl)cc2Cl)CC1. The van der Waals surface area contributed by atoms with E-state index in [1.165, 1.54) is 0 Å². The molecule has 0 aromatic heterocycles. The fraction of sp³-hybridized carbons (Fsp3) is 0.538. The van der Waals surface area contributed by atoms with Gasteiger partial charge < -0.3 is 5.32 Å². The first-order chi connectivity index (χ1) is 8.86. The maximum atomic E-state index is 12.5. The maximum absolute atomic E-state index is 12.5. The molecule has 1 aliphatic carbocycles. The van der Waals surface area contributed by atoms with Gasteiger partial charge in [0, 0.05) is 11.1 Å². The molecule has 0 heterocycles. The highest BCUT2D eigenvalue weighted by Crippen LogP contribution is 2.38. The molecule has 1 N–H and O–H groups in total. The van der Waals surface area contributed by atoms with Crippen molar-refractivity contribution < 1.29 is 13.2 Å². The Morgan fingerprint density at radius 2 is 1.68 bits per heavy atom. The molecule has 6 heteroatoms. The van der Waals surface area contributed by atoms with E-state index < -0.39 is 12.1 Å². The van der Waals surface area contributed by atoms with Crippen LogP contribution in [0.5, 0.6) is 0 Å². The zero-order chi connectivity index (χ0) is 14.0. The first kappa shape index (κ1) is 14.8. The zero-order valence-corrected chi connectivity index (χ0v) is 11.6. The Morgan fingerprint density at radius 1 is 1.05 bits per heavy atom. The van der Waals surface area contributed by atoms with Crippen molar-refractivity contribution in [3.8, 4) is 0 Å². The van der Waals surface area contributed by atoms with Crippen LogP contribution in [0.25, 0.3) is 0 Å². The molecule has 1 aromatic rings. The van der Waals surface area contributed by atoms with Crippen LogP contribution in [-0.4, -0.2) is 12.2 Å². The molecule has 1 aromatic carbocycles. The van der Waals surface area contributed by atoms with E-state index in [9.17, 15) is 13.2 Å². The van der Waals surface area contributed by atoms with Crippen LogP contribution in [-0.2, 0) is 0 Å². The topological polar surface area (TPSA) is 12.0 Å². The summed E-state index contributed by atoms with van der Waals surface area (Å²) in [6.45, 7) is 0. The molecule has 1 nitrogen and oxygen atoms in total. The summed E-state index contributed by atoms with van der Waals surface area (Å²) in [5.74, 6) is -1.16. The third-order valence-corrected chi connectivity index (χ3v) is 4.03. The van der Waals surface area contributed by atoms with Crippen molar-refractivity contribution in [3.63, 3.8) is 0 Å². The molecule has 0 aliphatic heterocycles. The molecule has 1 aliphatic rings. The molecule has 0 amide bonds. The second kappa shape index (κ2) is 5.80. The van der Waals surface area contributed by atoms with E-state index >= 15 is 0 Å². The largest absolute Gasteiger partial charge is 0.391 e. The van der Waals surface area contributed by atoms with E-state index in [1.54, 1.807) is 18.2 Å². The van der Waals surface area contributed by atoms with Gasteiger partial charge in [-0.3, -0.25) is 0 Å². The number of hydrogen-bond donors (Lipinski definition) is 1. The first-order valence-electron chi connectivity index (χ1n) is 6.14. The van der Waals surface area contributed by atoms with E-state index in [1.807, 2.05) is 0 Å². The monoisotopic (exact) mass is 311 g/mol. The van der Waals surface area contributed by atoms with Gasteiger partial charge in [0.25, 0.3) is 0 Å². The summed E-state index contributed by atoms with van der Waals surface area (Å²) in [5.41, 5.74) is 0.724. The van der Waals surface area contributed by atoms with Gasteiger partial charge in [-0.25, -0.2) is 0 Å². The van der Waals surface area contributed by atoms with Crippen molar-refractivity contribution in [2.75, 3.05) is 5.32 Å². The minimum absolute atomic E-state index is 0.0391. The van der Waals surface area contributed by atoms with E-state index in [-0.39, 0.29) is 18.9 Å².